The molecule has 1 aromatic heterocycles. The third kappa shape index (κ3) is 2.59. The van der Waals surface area contributed by atoms with Gasteiger partial charge in [-0.05, 0) is 22.0 Å². The molecule has 0 aromatic carbocycles. The van der Waals surface area contributed by atoms with E-state index < -0.39 is 0 Å². The van der Waals surface area contributed by atoms with Crippen molar-refractivity contribution in [1.29, 1.82) is 0 Å². The van der Waals surface area contributed by atoms with Crippen molar-refractivity contribution in [1.82, 2.24) is 4.98 Å². The number of hydrogen-bond donors (Lipinski definition) is 1. The smallest absolute Gasteiger partial charge is 0.229 e. The average molecular weight is 280 g/mol. The Kier molecular flexibility index (Phi) is 3.71. The van der Waals surface area contributed by atoms with Gasteiger partial charge < -0.3 is 10.1 Å². The van der Waals surface area contributed by atoms with Gasteiger partial charge in [0.25, 0.3) is 0 Å². The van der Waals surface area contributed by atoms with Gasteiger partial charge in [-0.2, -0.15) is 4.98 Å². The van der Waals surface area contributed by atoms with Crippen molar-refractivity contribution in [2.24, 2.45) is 0 Å². The normalized spacial score (nSPS) is 9.71. The molecule has 0 unspecified atom stereocenters. The summed E-state index contributed by atoms with van der Waals surface area (Å²) in [6.07, 6.45) is 0. The lowest BCUT2D eigenvalue weighted by atomic mass is 10.4. The van der Waals surface area contributed by atoms with Crippen LogP contribution in [0, 0.1) is 0 Å². The Bertz CT molecular complexity index is 371. The van der Waals surface area contributed by atoms with Crippen molar-refractivity contribution in [3.8, 4) is 5.88 Å². The maximum absolute atomic E-state index is 10.8. The molecular formula is C8H8BrClN2O2. The number of amides is 1. The number of halogens is 2. The molecule has 14 heavy (non-hydrogen) atoms. The molecule has 0 radical (unpaired) electrons. The number of rotatable bonds is 2. The summed E-state index contributed by atoms with van der Waals surface area (Å²) in [5.74, 6) is 0.432. The zero-order valence-corrected chi connectivity index (χ0v) is 9.94. The van der Waals surface area contributed by atoms with Crippen LogP contribution in [-0.2, 0) is 4.79 Å². The quantitative estimate of drug-likeness (QED) is 0.905. The van der Waals surface area contributed by atoms with E-state index in [1.807, 2.05) is 0 Å². The first-order valence-electron chi connectivity index (χ1n) is 3.72. The highest BCUT2D eigenvalue weighted by Crippen LogP contribution is 2.30. The molecule has 1 amide bonds. The van der Waals surface area contributed by atoms with Crippen molar-refractivity contribution in [3.63, 3.8) is 0 Å². The van der Waals surface area contributed by atoms with E-state index in [4.69, 9.17) is 16.3 Å². The highest BCUT2D eigenvalue weighted by atomic mass is 79.9. The summed E-state index contributed by atoms with van der Waals surface area (Å²) in [5.41, 5.74) is 0. The van der Waals surface area contributed by atoms with Gasteiger partial charge in [-0.25, -0.2) is 0 Å². The van der Waals surface area contributed by atoms with Crippen LogP contribution in [0.2, 0.25) is 5.02 Å². The first-order chi connectivity index (χ1) is 6.54. The highest BCUT2D eigenvalue weighted by Gasteiger charge is 2.09. The van der Waals surface area contributed by atoms with Crippen molar-refractivity contribution in [2.75, 3.05) is 12.4 Å². The third-order valence-corrected chi connectivity index (χ3v) is 2.24. The first kappa shape index (κ1) is 11.3. The molecule has 1 heterocycles. The summed E-state index contributed by atoms with van der Waals surface area (Å²) in [6, 6.07) is 1.61. The van der Waals surface area contributed by atoms with Gasteiger partial charge in [-0.3, -0.25) is 4.79 Å². The van der Waals surface area contributed by atoms with Crippen LogP contribution in [-0.4, -0.2) is 18.0 Å². The van der Waals surface area contributed by atoms with Crippen LogP contribution in [0.4, 0.5) is 5.82 Å². The molecule has 6 heteroatoms. The standard InChI is InChI=1S/C8H8BrClN2O2/c1-4(13)11-7-6(10)3-5(9)8(12-7)14-2/h3H,1-2H3,(H,11,12,13). The SMILES string of the molecule is COc1nc(NC(C)=O)c(Cl)cc1Br. The number of nitrogens with zero attached hydrogens (tertiary/aromatic N) is 1. The molecule has 0 aliphatic rings. The average Bonchev–Trinajstić information content (AvgIpc) is 2.09. The van der Waals surface area contributed by atoms with E-state index >= 15 is 0 Å². The Morgan fingerprint density at radius 2 is 2.36 bits per heavy atom. The Balaban J connectivity index is 3.10. The minimum atomic E-state index is -0.233. The first-order valence-corrected chi connectivity index (χ1v) is 4.89. The van der Waals surface area contributed by atoms with E-state index in [-0.39, 0.29) is 5.91 Å². The van der Waals surface area contributed by atoms with Crippen LogP contribution in [0.15, 0.2) is 10.5 Å². The monoisotopic (exact) mass is 278 g/mol. The summed E-state index contributed by atoms with van der Waals surface area (Å²) < 4.78 is 5.59. The Labute approximate surface area is 94.7 Å². The van der Waals surface area contributed by atoms with E-state index in [1.54, 1.807) is 6.07 Å². The number of nitrogens with one attached hydrogen (secondary N) is 1. The van der Waals surface area contributed by atoms with Crippen molar-refractivity contribution < 1.29 is 9.53 Å². The zero-order valence-electron chi connectivity index (χ0n) is 7.60. The number of carbonyl (C=O) groups excluding carboxylic acids is 1. The van der Waals surface area contributed by atoms with E-state index in [2.05, 4.69) is 26.2 Å². The molecule has 0 atom stereocenters. The second-order valence-corrected chi connectivity index (χ2v) is 3.75. The Morgan fingerprint density at radius 3 is 2.86 bits per heavy atom. The molecule has 4 nitrogen and oxygen atoms in total. The maximum atomic E-state index is 10.8. The molecule has 1 N–H and O–H groups in total. The topological polar surface area (TPSA) is 51.2 Å². The lowest BCUT2D eigenvalue weighted by Crippen LogP contribution is -2.08. The van der Waals surface area contributed by atoms with E-state index in [0.717, 1.165) is 0 Å². The van der Waals surface area contributed by atoms with Gasteiger partial charge >= 0.3 is 0 Å². The minimum Gasteiger partial charge on any atom is -0.480 e. The van der Waals surface area contributed by atoms with Crippen LogP contribution in [0.25, 0.3) is 0 Å². The largest absolute Gasteiger partial charge is 0.480 e. The van der Waals surface area contributed by atoms with Crippen molar-refractivity contribution in [3.05, 3.63) is 15.6 Å². The van der Waals surface area contributed by atoms with Gasteiger partial charge in [0.05, 0.1) is 16.6 Å². The molecule has 0 bridgehead atoms. The number of methoxy groups -OCH3 is 1. The number of hydrogen-bond acceptors (Lipinski definition) is 3. The van der Waals surface area contributed by atoms with Crippen LogP contribution < -0.4 is 10.1 Å². The van der Waals surface area contributed by atoms with Crippen LogP contribution in [0.5, 0.6) is 5.88 Å². The van der Waals surface area contributed by atoms with Gasteiger partial charge in [-0.1, -0.05) is 11.6 Å². The maximum Gasteiger partial charge on any atom is 0.229 e. The molecule has 0 aliphatic heterocycles. The van der Waals surface area contributed by atoms with Crippen molar-refractivity contribution >= 4 is 39.3 Å². The molecule has 0 aliphatic carbocycles. The fraction of sp³-hybridized carbons (Fsp3) is 0.250. The Morgan fingerprint density at radius 1 is 1.71 bits per heavy atom. The predicted octanol–water partition coefficient (Wildman–Crippen LogP) is 2.46. The third-order valence-electron chi connectivity index (χ3n) is 1.39. The molecule has 0 saturated heterocycles. The number of ether oxygens (including phenoxy) is 1. The number of anilines is 1. The van der Waals surface area contributed by atoms with Gasteiger partial charge in [0.15, 0.2) is 5.82 Å². The predicted molar refractivity (Wildman–Crippen MR) is 57.8 cm³/mol. The number of pyridine rings is 1. The van der Waals surface area contributed by atoms with Gasteiger partial charge in [0, 0.05) is 6.92 Å². The molecular weight excluding hydrogens is 271 g/mol. The molecule has 0 fully saturated rings. The summed E-state index contributed by atoms with van der Waals surface area (Å²) in [6.45, 7) is 1.38. The van der Waals surface area contributed by atoms with Crippen LogP contribution in [0.3, 0.4) is 0 Å². The molecule has 0 spiro atoms. The second-order valence-electron chi connectivity index (χ2n) is 2.49. The summed E-state index contributed by atoms with van der Waals surface area (Å²) >= 11 is 9.06. The lowest BCUT2D eigenvalue weighted by molar-refractivity contribution is -0.114. The van der Waals surface area contributed by atoms with Crippen LogP contribution >= 0.6 is 27.5 Å². The van der Waals surface area contributed by atoms with Gasteiger partial charge in [-0.15, -0.1) is 0 Å². The van der Waals surface area contributed by atoms with E-state index in [0.29, 0.717) is 21.2 Å². The van der Waals surface area contributed by atoms with Gasteiger partial charge in [0.2, 0.25) is 11.8 Å². The van der Waals surface area contributed by atoms with Crippen molar-refractivity contribution in [2.45, 2.75) is 6.92 Å². The zero-order chi connectivity index (χ0) is 10.7. The molecule has 0 saturated carbocycles. The van der Waals surface area contributed by atoms with Crippen LogP contribution in [0.1, 0.15) is 6.92 Å². The summed E-state index contributed by atoms with van der Waals surface area (Å²) in [4.78, 5) is 14.8. The van der Waals surface area contributed by atoms with E-state index in [9.17, 15) is 4.79 Å². The number of carbonyl (C=O) groups is 1. The minimum absolute atomic E-state index is 0.233. The summed E-state index contributed by atoms with van der Waals surface area (Å²) in [5, 5.41) is 2.85. The number of aromatic nitrogens is 1. The van der Waals surface area contributed by atoms with E-state index in [1.165, 1.54) is 14.0 Å². The highest BCUT2D eigenvalue weighted by molar-refractivity contribution is 9.10. The Hall–Kier alpha value is -0.810. The molecule has 76 valence electrons. The molecule has 1 rings (SSSR count). The fourth-order valence-corrected chi connectivity index (χ4v) is 1.66. The fourth-order valence-electron chi connectivity index (χ4n) is 0.847. The second kappa shape index (κ2) is 4.61. The molecule has 1 aromatic rings. The summed E-state index contributed by atoms with van der Waals surface area (Å²) in [7, 11) is 1.48. The van der Waals surface area contributed by atoms with Gasteiger partial charge in [0.1, 0.15) is 0 Å². The lowest BCUT2D eigenvalue weighted by Gasteiger charge is -2.07.